The zero-order valence-electron chi connectivity index (χ0n) is 6.80. The lowest BCUT2D eigenvalue weighted by molar-refractivity contribution is 0.579. The van der Waals surface area contributed by atoms with Crippen molar-refractivity contribution in [2.24, 2.45) is 5.73 Å². The van der Waals surface area contributed by atoms with Gasteiger partial charge in [-0.15, -0.1) is 0 Å². The summed E-state index contributed by atoms with van der Waals surface area (Å²) < 4.78 is 13.7. The zero-order chi connectivity index (χ0) is 9.84. The van der Waals surface area contributed by atoms with Gasteiger partial charge in [0.25, 0.3) is 0 Å². The van der Waals surface area contributed by atoms with Crippen LogP contribution in [-0.2, 0) is 0 Å². The summed E-state index contributed by atoms with van der Waals surface area (Å²) in [7, 11) is 0. The van der Waals surface area contributed by atoms with Gasteiger partial charge in [0.05, 0.1) is 17.0 Å². The molecule has 0 saturated heterocycles. The normalized spacial score (nSPS) is 12.2. The van der Waals surface area contributed by atoms with Crippen molar-refractivity contribution in [1.29, 1.82) is 5.26 Å². The number of benzene rings is 1. The molecule has 0 spiro atoms. The molecule has 13 heavy (non-hydrogen) atoms. The van der Waals surface area contributed by atoms with Crippen LogP contribution in [0.2, 0.25) is 0 Å². The average Bonchev–Trinajstić information content (AvgIpc) is 2.10. The van der Waals surface area contributed by atoms with Gasteiger partial charge in [-0.1, -0.05) is 12.1 Å². The lowest BCUT2D eigenvalue weighted by Crippen LogP contribution is -2.11. The molecular formula is C9H8BrFN2. The molecule has 0 heterocycles. The molecule has 0 aliphatic rings. The maximum atomic E-state index is 13.3. The lowest BCUT2D eigenvalue weighted by Gasteiger charge is -2.09. The van der Waals surface area contributed by atoms with Crippen LogP contribution in [-0.4, -0.2) is 0 Å². The fourth-order valence-electron chi connectivity index (χ4n) is 1.02. The number of nitrogens with zero attached hydrogens (tertiary/aromatic N) is 1. The van der Waals surface area contributed by atoms with Crippen LogP contribution in [0, 0.1) is 17.1 Å². The summed E-state index contributed by atoms with van der Waals surface area (Å²) >= 11 is 3.05. The summed E-state index contributed by atoms with van der Waals surface area (Å²) in [5.74, 6) is -0.384. The van der Waals surface area contributed by atoms with Gasteiger partial charge in [0, 0.05) is 11.6 Å². The first-order valence-corrected chi connectivity index (χ1v) is 4.52. The maximum absolute atomic E-state index is 13.3. The monoisotopic (exact) mass is 242 g/mol. The Morgan fingerprint density at radius 2 is 2.31 bits per heavy atom. The van der Waals surface area contributed by atoms with Gasteiger partial charge < -0.3 is 5.73 Å². The molecule has 1 aromatic carbocycles. The number of rotatable bonds is 2. The molecule has 0 amide bonds. The summed E-state index contributed by atoms with van der Waals surface area (Å²) in [6, 6.07) is 6.23. The molecule has 0 fully saturated rings. The van der Waals surface area contributed by atoms with Crippen molar-refractivity contribution in [2.75, 3.05) is 0 Å². The molecule has 0 saturated carbocycles. The van der Waals surface area contributed by atoms with Crippen molar-refractivity contribution in [3.63, 3.8) is 0 Å². The third kappa shape index (κ3) is 2.27. The molecule has 4 heteroatoms. The molecule has 0 bridgehead atoms. The SMILES string of the molecule is N#CC[C@@H](N)c1cccc(Br)c1F. The van der Waals surface area contributed by atoms with Crippen LogP contribution < -0.4 is 5.73 Å². The quantitative estimate of drug-likeness (QED) is 0.867. The molecule has 0 aliphatic carbocycles. The molecule has 1 aromatic rings. The van der Waals surface area contributed by atoms with Crippen LogP contribution in [0.15, 0.2) is 22.7 Å². The minimum absolute atomic E-state index is 0.118. The van der Waals surface area contributed by atoms with E-state index in [4.69, 9.17) is 11.0 Å². The Bertz CT molecular complexity index is 346. The van der Waals surface area contributed by atoms with Crippen molar-refractivity contribution in [3.05, 3.63) is 34.1 Å². The Morgan fingerprint density at radius 1 is 1.62 bits per heavy atom. The molecule has 0 aromatic heterocycles. The van der Waals surface area contributed by atoms with Crippen LogP contribution in [0.4, 0.5) is 4.39 Å². The average molecular weight is 243 g/mol. The Morgan fingerprint density at radius 3 is 2.92 bits per heavy atom. The number of hydrogen-bond donors (Lipinski definition) is 1. The van der Waals surface area contributed by atoms with Gasteiger partial charge in [-0.25, -0.2) is 4.39 Å². The highest BCUT2D eigenvalue weighted by Gasteiger charge is 2.12. The minimum atomic E-state index is -0.553. The van der Waals surface area contributed by atoms with E-state index in [1.807, 2.05) is 6.07 Å². The van der Waals surface area contributed by atoms with E-state index in [-0.39, 0.29) is 12.2 Å². The van der Waals surface area contributed by atoms with Crippen LogP contribution in [0.3, 0.4) is 0 Å². The Kier molecular flexibility index (Phi) is 3.40. The molecule has 0 radical (unpaired) electrons. The first-order valence-electron chi connectivity index (χ1n) is 3.73. The van der Waals surface area contributed by atoms with Crippen LogP contribution in [0.5, 0.6) is 0 Å². The van der Waals surface area contributed by atoms with E-state index in [2.05, 4.69) is 15.9 Å². The Balaban J connectivity index is 3.02. The molecule has 68 valence electrons. The number of nitriles is 1. The second kappa shape index (κ2) is 4.35. The smallest absolute Gasteiger partial charge is 0.142 e. The van der Waals surface area contributed by atoms with E-state index in [1.165, 1.54) is 0 Å². The molecule has 0 unspecified atom stereocenters. The third-order valence-corrected chi connectivity index (χ3v) is 2.30. The van der Waals surface area contributed by atoms with Gasteiger partial charge in [-0.05, 0) is 22.0 Å². The molecule has 1 rings (SSSR count). The topological polar surface area (TPSA) is 49.8 Å². The zero-order valence-corrected chi connectivity index (χ0v) is 8.38. The van der Waals surface area contributed by atoms with E-state index in [0.717, 1.165) is 0 Å². The maximum Gasteiger partial charge on any atom is 0.142 e. The highest BCUT2D eigenvalue weighted by molar-refractivity contribution is 9.10. The number of halogens is 2. The van der Waals surface area contributed by atoms with Gasteiger partial charge in [-0.2, -0.15) is 5.26 Å². The third-order valence-electron chi connectivity index (χ3n) is 1.69. The second-order valence-corrected chi connectivity index (χ2v) is 3.47. The predicted molar refractivity (Wildman–Crippen MR) is 51.3 cm³/mol. The van der Waals surface area contributed by atoms with Crippen LogP contribution >= 0.6 is 15.9 Å². The Hall–Kier alpha value is -0.920. The second-order valence-electron chi connectivity index (χ2n) is 2.61. The van der Waals surface area contributed by atoms with E-state index < -0.39 is 6.04 Å². The van der Waals surface area contributed by atoms with Gasteiger partial charge in [0.2, 0.25) is 0 Å². The highest BCUT2D eigenvalue weighted by Crippen LogP contribution is 2.23. The van der Waals surface area contributed by atoms with E-state index >= 15 is 0 Å². The van der Waals surface area contributed by atoms with Crippen molar-refractivity contribution in [3.8, 4) is 6.07 Å². The Labute approximate surface area is 84.3 Å². The van der Waals surface area contributed by atoms with Gasteiger partial charge in [0.15, 0.2) is 0 Å². The molecule has 1 atom stereocenters. The molecular weight excluding hydrogens is 235 g/mol. The fourth-order valence-corrected chi connectivity index (χ4v) is 1.40. The van der Waals surface area contributed by atoms with Crippen molar-refractivity contribution in [1.82, 2.24) is 0 Å². The predicted octanol–water partition coefficient (Wildman–Crippen LogP) is 2.50. The molecule has 2 N–H and O–H groups in total. The first-order chi connectivity index (χ1) is 6.16. The first kappa shape index (κ1) is 10.2. The number of nitrogens with two attached hydrogens (primary N) is 1. The van der Waals surface area contributed by atoms with Crippen molar-refractivity contribution < 1.29 is 4.39 Å². The largest absolute Gasteiger partial charge is 0.323 e. The van der Waals surface area contributed by atoms with Crippen LogP contribution in [0.25, 0.3) is 0 Å². The summed E-state index contributed by atoms with van der Waals surface area (Å²) in [5, 5.41) is 8.39. The summed E-state index contributed by atoms with van der Waals surface area (Å²) in [6.45, 7) is 0. The minimum Gasteiger partial charge on any atom is -0.323 e. The lowest BCUT2D eigenvalue weighted by atomic mass is 10.1. The summed E-state index contributed by atoms with van der Waals surface area (Å²) in [4.78, 5) is 0. The standard InChI is InChI=1S/C9H8BrFN2/c10-7-3-1-2-6(9(7)11)8(13)4-5-12/h1-3,8H,4,13H2/t8-/m1/s1. The van der Waals surface area contributed by atoms with E-state index in [0.29, 0.717) is 10.0 Å². The fraction of sp³-hybridized carbons (Fsp3) is 0.222. The van der Waals surface area contributed by atoms with E-state index in [1.54, 1.807) is 18.2 Å². The van der Waals surface area contributed by atoms with Gasteiger partial charge >= 0.3 is 0 Å². The van der Waals surface area contributed by atoms with Crippen molar-refractivity contribution in [2.45, 2.75) is 12.5 Å². The van der Waals surface area contributed by atoms with Gasteiger partial charge in [0.1, 0.15) is 5.82 Å². The summed E-state index contributed by atoms with van der Waals surface area (Å²) in [6.07, 6.45) is 0.118. The molecule has 2 nitrogen and oxygen atoms in total. The molecule has 0 aliphatic heterocycles. The van der Waals surface area contributed by atoms with Gasteiger partial charge in [-0.3, -0.25) is 0 Å². The van der Waals surface area contributed by atoms with E-state index in [9.17, 15) is 4.39 Å². The number of hydrogen-bond acceptors (Lipinski definition) is 2. The van der Waals surface area contributed by atoms with Crippen molar-refractivity contribution >= 4 is 15.9 Å². The highest BCUT2D eigenvalue weighted by atomic mass is 79.9. The summed E-state index contributed by atoms with van der Waals surface area (Å²) in [5.41, 5.74) is 5.96. The van der Waals surface area contributed by atoms with Crippen LogP contribution in [0.1, 0.15) is 18.0 Å².